The van der Waals surface area contributed by atoms with Crippen molar-refractivity contribution in [3.63, 3.8) is 0 Å². The van der Waals surface area contributed by atoms with Crippen LogP contribution >= 0.6 is 11.3 Å². The molecule has 1 amide bonds. The van der Waals surface area contributed by atoms with Crippen LogP contribution < -0.4 is 0 Å². The summed E-state index contributed by atoms with van der Waals surface area (Å²) in [7, 11) is 1.65. The number of hydrogen-bond donors (Lipinski definition) is 0. The first-order chi connectivity index (χ1) is 15.6. The average molecular weight is 453 g/mol. The third-order valence-corrected chi connectivity index (χ3v) is 5.80. The number of nitrogens with zero attached hydrogens (tertiary/aromatic N) is 2. The van der Waals surface area contributed by atoms with Crippen molar-refractivity contribution in [2.24, 2.45) is 0 Å². The van der Waals surface area contributed by atoms with Gasteiger partial charge in [0.2, 0.25) is 5.91 Å². The van der Waals surface area contributed by atoms with E-state index in [1.807, 2.05) is 60.7 Å². The number of methoxy groups -OCH3 is 1. The number of hydrogen-bond acceptors (Lipinski definition) is 6. The van der Waals surface area contributed by atoms with Gasteiger partial charge in [0.15, 0.2) is 5.69 Å². The molecular weight excluding hydrogens is 424 g/mol. The highest BCUT2D eigenvalue weighted by molar-refractivity contribution is 7.09. The Hall–Kier alpha value is -3.03. The maximum absolute atomic E-state index is 13.9. The van der Waals surface area contributed by atoms with E-state index >= 15 is 0 Å². The van der Waals surface area contributed by atoms with Gasteiger partial charge in [-0.05, 0) is 24.5 Å². The fourth-order valence-corrected chi connectivity index (χ4v) is 4.24. The van der Waals surface area contributed by atoms with Crippen LogP contribution in [0.4, 0.5) is 0 Å². The van der Waals surface area contributed by atoms with E-state index in [1.165, 1.54) is 11.3 Å². The summed E-state index contributed by atoms with van der Waals surface area (Å²) in [5.74, 6) is -0.880. The summed E-state index contributed by atoms with van der Waals surface area (Å²) in [6.07, 6.45) is 0.703. The van der Waals surface area contributed by atoms with Gasteiger partial charge in [0.1, 0.15) is 5.01 Å². The Labute approximate surface area is 192 Å². The number of ether oxygens (including phenoxy) is 2. The minimum Gasteiger partial charge on any atom is -0.461 e. The molecule has 0 fully saturated rings. The second-order valence-corrected chi connectivity index (χ2v) is 8.15. The van der Waals surface area contributed by atoms with Gasteiger partial charge >= 0.3 is 5.97 Å². The number of carbonyl (C=O) groups is 2. The number of esters is 1. The van der Waals surface area contributed by atoms with Crippen molar-refractivity contribution in [1.29, 1.82) is 0 Å². The monoisotopic (exact) mass is 452 g/mol. The van der Waals surface area contributed by atoms with Gasteiger partial charge in [0, 0.05) is 25.6 Å². The molecule has 1 heterocycles. The molecule has 0 aliphatic carbocycles. The quantitative estimate of drug-likeness (QED) is 0.316. The summed E-state index contributed by atoms with van der Waals surface area (Å²) < 4.78 is 10.2. The van der Waals surface area contributed by atoms with Crippen LogP contribution in [-0.2, 0) is 20.8 Å². The van der Waals surface area contributed by atoms with Crippen molar-refractivity contribution in [1.82, 2.24) is 9.88 Å². The van der Waals surface area contributed by atoms with Gasteiger partial charge in [-0.25, -0.2) is 9.78 Å². The van der Waals surface area contributed by atoms with E-state index in [4.69, 9.17) is 9.47 Å². The lowest BCUT2D eigenvalue weighted by atomic mass is 9.90. The van der Waals surface area contributed by atoms with Crippen LogP contribution in [0.15, 0.2) is 66.0 Å². The molecule has 2 aromatic carbocycles. The SMILES string of the molecule is CCOC(=O)c1csc(CN(CCCOC)C(=O)C(c2ccccc2)c2ccccc2)n1. The Morgan fingerprint density at radius 2 is 1.66 bits per heavy atom. The Balaban J connectivity index is 1.88. The predicted octanol–water partition coefficient (Wildman–Crippen LogP) is 4.52. The maximum atomic E-state index is 13.9. The maximum Gasteiger partial charge on any atom is 0.357 e. The Morgan fingerprint density at radius 3 is 2.22 bits per heavy atom. The fourth-order valence-electron chi connectivity index (χ4n) is 3.46. The van der Waals surface area contributed by atoms with E-state index in [2.05, 4.69) is 4.98 Å². The normalized spacial score (nSPS) is 10.8. The number of amides is 1. The fraction of sp³-hybridized carbons (Fsp3) is 0.320. The summed E-state index contributed by atoms with van der Waals surface area (Å²) >= 11 is 1.35. The van der Waals surface area contributed by atoms with Crippen LogP contribution in [-0.4, -0.2) is 48.6 Å². The molecule has 3 aromatic rings. The van der Waals surface area contributed by atoms with Crippen molar-refractivity contribution < 1.29 is 19.1 Å². The number of thiazole rings is 1. The Kier molecular flexibility index (Phi) is 8.95. The molecule has 0 saturated heterocycles. The van der Waals surface area contributed by atoms with Crippen LogP contribution in [0.5, 0.6) is 0 Å². The number of carbonyl (C=O) groups excluding carboxylic acids is 2. The molecule has 1 aromatic heterocycles. The van der Waals surface area contributed by atoms with Crippen LogP contribution in [0.3, 0.4) is 0 Å². The third kappa shape index (κ3) is 6.24. The van der Waals surface area contributed by atoms with Crippen molar-refractivity contribution in [3.05, 3.63) is 87.9 Å². The molecule has 32 heavy (non-hydrogen) atoms. The van der Waals surface area contributed by atoms with Gasteiger partial charge < -0.3 is 14.4 Å². The molecule has 0 bridgehead atoms. The van der Waals surface area contributed by atoms with Gasteiger partial charge in [-0.3, -0.25) is 4.79 Å². The molecule has 6 nitrogen and oxygen atoms in total. The zero-order valence-corrected chi connectivity index (χ0v) is 19.2. The molecule has 168 valence electrons. The summed E-state index contributed by atoms with van der Waals surface area (Å²) in [4.78, 5) is 32.1. The molecular formula is C25H28N2O4S. The van der Waals surface area contributed by atoms with Crippen molar-refractivity contribution in [3.8, 4) is 0 Å². The van der Waals surface area contributed by atoms with Gasteiger partial charge in [-0.2, -0.15) is 0 Å². The van der Waals surface area contributed by atoms with E-state index in [0.717, 1.165) is 11.1 Å². The molecule has 0 radical (unpaired) electrons. The zero-order chi connectivity index (χ0) is 22.8. The number of aromatic nitrogens is 1. The molecule has 3 rings (SSSR count). The molecule has 0 N–H and O–H groups in total. The van der Waals surface area contributed by atoms with Gasteiger partial charge in [0.05, 0.1) is 19.1 Å². The summed E-state index contributed by atoms with van der Waals surface area (Å²) in [5, 5.41) is 2.37. The Morgan fingerprint density at radius 1 is 1.03 bits per heavy atom. The average Bonchev–Trinajstić information content (AvgIpc) is 3.29. The number of benzene rings is 2. The highest BCUT2D eigenvalue weighted by Gasteiger charge is 2.28. The van der Waals surface area contributed by atoms with E-state index in [-0.39, 0.29) is 11.6 Å². The van der Waals surface area contributed by atoms with E-state index < -0.39 is 11.9 Å². The van der Waals surface area contributed by atoms with E-state index in [1.54, 1.807) is 24.3 Å². The first-order valence-corrected chi connectivity index (χ1v) is 11.5. The summed E-state index contributed by atoms with van der Waals surface area (Å²) in [6.45, 7) is 3.45. The van der Waals surface area contributed by atoms with Crippen LogP contribution in [0.25, 0.3) is 0 Å². The van der Waals surface area contributed by atoms with Crippen molar-refractivity contribution in [2.45, 2.75) is 25.8 Å². The predicted molar refractivity (Wildman–Crippen MR) is 125 cm³/mol. The number of rotatable bonds is 11. The first kappa shape index (κ1) is 23.6. The third-order valence-electron chi connectivity index (χ3n) is 4.96. The highest BCUT2D eigenvalue weighted by Crippen LogP contribution is 2.28. The van der Waals surface area contributed by atoms with Crippen LogP contribution in [0.1, 0.15) is 45.9 Å². The van der Waals surface area contributed by atoms with Crippen molar-refractivity contribution in [2.75, 3.05) is 26.9 Å². The topological polar surface area (TPSA) is 68.7 Å². The van der Waals surface area contributed by atoms with E-state index in [9.17, 15) is 9.59 Å². The van der Waals surface area contributed by atoms with Gasteiger partial charge in [0.25, 0.3) is 0 Å². The largest absolute Gasteiger partial charge is 0.461 e. The molecule has 0 atom stereocenters. The van der Waals surface area contributed by atoms with Gasteiger partial charge in [-0.1, -0.05) is 60.7 Å². The Bertz CT molecular complexity index is 952. The molecule has 7 heteroatoms. The molecule has 0 spiro atoms. The summed E-state index contributed by atoms with van der Waals surface area (Å²) in [6, 6.07) is 19.6. The highest BCUT2D eigenvalue weighted by atomic mass is 32.1. The molecule has 0 saturated carbocycles. The smallest absolute Gasteiger partial charge is 0.357 e. The lowest BCUT2D eigenvalue weighted by Crippen LogP contribution is -2.36. The lowest BCUT2D eigenvalue weighted by Gasteiger charge is -2.27. The molecule has 0 aliphatic heterocycles. The zero-order valence-electron chi connectivity index (χ0n) is 18.4. The minimum atomic E-state index is -0.446. The first-order valence-electron chi connectivity index (χ1n) is 10.6. The lowest BCUT2D eigenvalue weighted by molar-refractivity contribution is -0.132. The molecule has 0 unspecified atom stereocenters. The minimum absolute atomic E-state index is 0.00797. The molecule has 0 aliphatic rings. The van der Waals surface area contributed by atoms with Gasteiger partial charge in [-0.15, -0.1) is 11.3 Å². The standard InChI is InChI=1S/C25H28N2O4S/c1-3-31-25(29)21-18-32-22(26-21)17-27(15-10-16-30-2)24(28)23(19-11-6-4-7-12-19)20-13-8-5-9-14-20/h4-9,11-14,18,23H,3,10,15-17H2,1-2H3. The van der Waals surface area contributed by atoms with Crippen LogP contribution in [0, 0.1) is 0 Å². The van der Waals surface area contributed by atoms with Crippen molar-refractivity contribution >= 4 is 23.2 Å². The second kappa shape index (κ2) is 12.1. The van der Waals surface area contributed by atoms with E-state index in [0.29, 0.717) is 37.7 Å². The summed E-state index contributed by atoms with van der Waals surface area (Å²) in [5.41, 5.74) is 2.15. The second-order valence-electron chi connectivity index (χ2n) is 7.21. The van der Waals surface area contributed by atoms with Crippen LogP contribution in [0.2, 0.25) is 0 Å².